The topological polar surface area (TPSA) is 43.8 Å². The van der Waals surface area contributed by atoms with E-state index in [-0.39, 0.29) is 6.04 Å². The van der Waals surface area contributed by atoms with E-state index in [0.717, 1.165) is 25.9 Å². The number of carboxylic acids is 1. The monoisotopic (exact) mass is 248 g/mol. The number of alkyl halides is 2. The first-order valence-corrected chi connectivity index (χ1v) is 5.94. The van der Waals surface area contributed by atoms with Crippen LogP contribution in [0, 0.1) is 0 Å². The highest BCUT2D eigenvalue weighted by Crippen LogP contribution is 2.35. The summed E-state index contributed by atoms with van der Waals surface area (Å²) in [7, 11) is 1.99. The normalized spacial score (nSPS) is 31.8. The van der Waals surface area contributed by atoms with Gasteiger partial charge in [0.2, 0.25) is 0 Å². The average Bonchev–Trinajstić information content (AvgIpc) is 2.56. The van der Waals surface area contributed by atoms with E-state index in [4.69, 9.17) is 5.11 Å². The molecule has 0 bridgehead atoms. The van der Waals surface area contributed by atoms with Crippen LogP contribution in [0.2, 0.25) is 0 Å². The van der Waals surface area contributed by atoms with Crippen LogP contribution in [0.3, 0.4) is 0 Å². The summed E-state index contributed by atoms with van der Waals surface area (Å²) in [5, 5.41) is 9.01. The lowest BCUT2D eigenvalue weighted by Gasteiger charge is -2.36. The van der Waals surface area contributed by atoms with Gasteiger partial charge in [-0.2, -0.15) is 0 Å². The van der Waals surface area contributed by atoms with E-state index in [1.165, 1.54) is 4.90 Å². The molecule has 4 nitrogen and oxygen atoms in total. The van der Waals surface area contributed by atoms with Crippen LogP contribution >= 0.6 is 0 Å². The summed E-state index contributed by atoms with van der Waals surface area (Å²) in [6.07, 6.45) is 1.00. The number of halogens is 2. The van der Waals surface area contributed by atoms with Crippen LogP contribution in [0.15, 0.2) is 0 Å². The number of hydrogen-bond donors (Lipinski definition) is 1. The molecular weight excluding hydrogens is 230 g/mol. The molecule has 6 heteroatoms. The van der Waals surface area contributed by atoms with Gasteiger partial charge in [0.25, 0.3) is 5.92 Å². The van der Waals surface area contributed by atoms with E-state index in [2.05, 4.69) is 4.90 Å². The number of nitrogens with zero attached hydrogens (tertiary/aromatic N) is 2. The fraction of sp³-hybridized carbons (Fsp3) is 0.909. The molecule has 0 aliphatic carbocycles. The van der Waals surface area contributed by atoms with E-state index in [9.17, 15) is 13.6 Å². The average molecular weight is 248 g/mol. The molecule has 0 amide bonds. The van der Waals surface area contributed by atoms with Gasteiger partial charge in [-0.1, -0.05) is 0 Å². The maximum Gasteiger partial charge on any atom is 0.321 e. The van der Waals surface area contributed by atoms with Crippen LogP contribution in [-0.2, 0) is 4.79 Å². The molecule has 98 valence electrons. The Labute approximate surface area is 99.2 Å². The summed E-state index contributed by atoms with van der Waals surface area (Å²) in [6.45, 7) is 1.29. The van der Waals surface area contributed by atoms with Crippen molar-refractivity contribution in [3.8, 4) is 0 Å². The Morgan fingerprint density at radius 3 is 2.47 bits per heavy atom. The highest BCUT2D eigenvalue weighted by atomic mass is 19.3. The smallest absolute Gasteiger partial charge is 0.321 e. The Morgan fingerprint density at radius 1 is 1.35 bits per heavy atom. The van der Waals surface area contributed by atoms with Crippen LogP contribution < -0.4 is 0 Å². The van der Waals surface area contributed by atoms with Crippen molar-refractivity contribution in [2.45, 2.75) is 37.3 Å². The number of carboxylic acid groups (broad SMARTS) is 1. The Hall–Kier alpha value is -0.750. The van der Waals surface area contributed by atoms with Gasteiger partial charge in [0.05, 0.1) is 6.54 Å². The minimum absolute atomic E-state index is 0.0133. The van der Waals surface area contributed by atoms with Gasteiger partial charge in [-0.3, -0.25) is 9.69 Å². The van der Waals surface area contributed by atoms with Crippen molar-refractivity contribution in [2.75, 3.05) is 26.7 Å². The van der Waals surface area contributed by atoms with Gasteiger partial charge in [0.1, 0.15) is 6.04 Å². The fourth-order valence-corrected chi connectivity index (χ4v) is 2.78. The lowest BCUT2D eigenvalue weighted by molar-refractivity contribution is -0.143. The number of rotatable bonds is 2. The molecule has 2 aliphatic heterocycles. The Morgan fingerprint density at radius 2 is 1.94 bits per heavy atom. The Bertz CT molecular complexity index is 304. The van der Waals surface area contributed by atoms with Crippen molar-refractivity contribution in [3.05, 3.63) is 0 Å². The zero-order chi connectivity index (χ0) is 12.6. The third-order valence-corrected chi connectivity index (χ3v) is 3.75. The van der Waals surface area contributed by atoms with Crippen molar-refractivity contribution in [2.24, 2.45) is 0 Å². The number of hydrogen-bond acceptors (Lipinski definition) is 3. The number of piperidine rings is 1. The van der Waals surface area contributed by atoms with Crippen LogP contribution in [0.1, 0.15) is 19.3 Å². The van der Waals surface area contributed by atoms with E-state index in [0.29, 0.717) is 0 Å². The molecule has 2 aliphatic rings. The van der Waals surface area contributed by atoms with E-state index >= 15 is 0 Å². The highest BCUT2D eigenvalue weighted by Gasteiger charge is 2.50. The molecule has 17 heavy (non-hydrogen) atoms. The molecular formula is C11H18F2N2O2. The second-order valence-corrected chi connectivity index (χ2v) is 5.12. The van der Waals surface area contributed by atoms with Gasteiger partial charge < -0.3 is 10.0 Å². The van der Waals surface area contributed by atoms with Crippen molar-refractivity contribution in [1.29, 1.82) is 0 Å². The summed E-state index contributed by atoms with van der Waals surface area (Å²) in [4.78, 5) is 14.7. The molecule has 0 aromatic heterocycles. The maximum absolute atomic E-state index is 13.3. The molecule has 2 heterocycles. The quantitative estimate of drug-likeness (QED) is 0.787. The highest BCUT2D eigenvalue weighted by molar-refractivity contribution is 5.74. The number of carbonyl (C=O) groups is 1. The van der Waals surface area contributed by atoms with Crippen molar-refractivity contribution >= 4 is 5.97 Å². The molecule has 0 spiro atoms. The standard InChI is InChI=1S/C11H18F2N2O2/c1-14-4-2-8(3-5-14)15-7-11(12,13)6-9(15)10(16)17/h8-9H,2-7H2,1H3,(H,16,17)/t9-/m1/s1. The zero-order valence-electron chi connectivity index (χ0n) is 9.90. The lowest BCUT2D eigenvalue weighted by Crippen LogP contribution is -2.48. The predicted molar refractivity (Wildman–Crippen MR) is 58.2 cm³/mol. The predicted octanol–water partition coefficient (Wildman–Crippen LogP) is 0.875. The van der Waals surface area contributed by atoms with Crippen molar-refractivity contribution < 1.29 is 18.7 Å². The summed E-state index contributed by atoms with van der Waals surface area (Å²) in [5.74, 6) is -3.98. The first-order chi connectivity index (χ1) is 7.89. The van der Waals surface area contributed by atoms with Crippen molar-refractivity contribution in [3.63, 3.8) is 0 Å². The zero-order valence-corrected chi connectivity index (χ0v) is 9.90. The van der Waals surface area contributed by atoms with E-state index in [1.807, 2.05) is 7.05 Å². The summed E-state index contributed by atoms with van der Waals surface area (Å²) in [5.41, 5.74) is 0. The first-order valence-electron chi connectivity index (χ1n) is 5.94. The van der Waals surface area contributed by atoms with Crippen LogP contribution in [0.5, 0.6) is 0 Å². The minimum atomic E-state index is -2.85. The van der Waals surface area contributed by atoms with E-state index in [1.54, 1.807) is 0 Å². The maximum atomic E-state index is 13.3. The van der Waals surface area contributed by atoms with Gasteiger partial charge in [0.15, 0.2) is 0 Å². The second kappa shape index (κ2) is 4.49. The number of likely N-dealkylation sites (tertiary alicyclic amines) is 2. The molecule has 0 aromatic carbocycles. The number of aliphatic carboxylic acids is 1. The fourth-order valence-electron chi connectivity index (χ4n) is 2.78. The Kier molecular flexibility index (Phi) is 3.36. The van der Waals surface area contributed by atoms with Gasteiger partial charge in [-0.05, 0) is 33.0 Å². The minimum Gasteiger partial charge on any atom is -0.480 e. The molecule has 0 radical (unpaired) electrons. The van der Waals surface area contributed by atoms with Crippen LogP contribution in [0.4, 0.5) is 8.78 Å². The molecule has 2 rings (SSSR count). The summed E-state index contributed by atoms with van der Waals surface area (Å²) < 4.78 is 26.6. The van der Waals surface area contributed by atoms with Gasteiger partial charge in [-0.15, -0.1) is 0 Å². The SMILES string of the molecule is CN1CCC(N2CC(F)(F)C[C@@H]2C(=O)O)CC1. The first kappa shape index (κ1) is 12.7. The summed E-state index contributed by atoms with van der Waals surface area (Å²) >= 11 is 0. The van der Waals surface area contributed by atoms with Gasteiger partial charge in [0, 0.05) is 12.5 Å². The molecule has 2 fully saturated rings. The largest absolute Gasteiger partial charge is 0.480 e. The third-order valence-electron chi connectivity index (χ3n) is 3.75. The van der Waals surface area contributed by atoms with Crippen LogP contribution in [-0.4, -0.2) is 65.6 Å². The van der Waals surface area contributed by atoms with Crippen molar-refractivity contribution in [1.82, 2.24) is 9.80 Å². The lowest BCUT2D eigenvalue weighted by atomic mass is 10.0. The molecule has 0 aromatic rings. The third kappa shape index (κ3) is 2.74. The summed E-state index contributed by atoms with van der Waals surface area (Å²) in [6, 6.07) is -1.03. The van der Waals surface area contributed by atoms with E-state index < -0.39 is 30.9 Å². The second-order valence-electron chi connectivity index (χ2n) is 5.12. The Balaban J connectivity index is 2.05. The molecule has 0 unspecified atom stereocenters. The molecule has 2 saturated heterocycles. The molecule has 1 atom stereocenters. The van der Waals surface area contributed by atoms with Gasteiger partial charge in [-0.25, -0.2) is 8.78 Å². The van der Waals surface area contributed by atoms with Gasteiger partial charge >= 0.3 is 5.97 Å². The molecule has 0 saturated carbocycles. The van der Waals surface area contributed by atoms with Crippen LogP contribution in [0.25, 0.3) is 0 Å². The molecule has 1 N–H and O–H groups in total.